The second-order valence-corrected chi connectivity index (χ2v) is 7.50. The molecule has 2 aliphatic rings. The van der Waals surface area contributed by atoms with Crippen LogP contribution in [-0.4, -0.2) is 19.6 Å². The van der Waals surface area contributed by atoms with Gasteiger partial charge in [0.25, 0.3) is 0 Å². The van der Waals surface area contributed by atoms with Gasteiger partial charge in [-0.3, -0.25) is 4.79 Å². The fourth-order valence-corrected chi connectivity index (χ4v) is 4.15. The van der Waals surface area contributed by atoms with Gasteiger partial charge in [-0.25, -0.2) is 0 Å². The molecule has 28 heavy (non-hydrogen) atoms. The molecule has 0 atom stereocenters. The molecule has 3 aromatic rings. The lowest BCUT2D eigenvalue weighted by atomic mass is 10.0. The monoisotopic (exact) mass is 391 g/mol. The van der Waals surface area contributed by atoms with Crippen molar-refractivity contribution in [3.05, 3.63) is 75.7 Å². The average Bonchev–Trinajstić information content (AvgIpc) is 3.36. The van der Waals surface area contributed by atoms with Crippen molar-refractivity contribution in [2.75, 3.05) is 18.7 Å². The summed E-state index contributed by atoms with van der Waals surface area (Å²) in [6.07, 6.45) is 1.79. The molecule has 0 bridgehead atoms. The SMILES string of the molecule is COc1ccccc1N1COc2ccc3c(c2C1)O/C(=C\c1cccs1)C3=O. The second-order valence-electron chi connectivity index (χ2n) is 6.52. The zero-order chi connectivity index (χ0) is 19.1. The van der Waals surface area contributed by atoms with Crippen molar-refractivity contribution in [1.29, 1.82) is 0 Å². The first kappa shape index (κ1) is 16.9. The van der Waals surface area contributed by atoms with E-state index >= 15 is 0 Å². The summed E-state index contributed by atoms with van der Waals surface area (Å²) in [7, 11) is 1.65. The molecule has 6 heteroatoms. The van der Waals surface area contributed by atoms with Gasteiger partial charge in [0.05, 0.1) is 30.5 Å². The van der Waals surface area contributed by atoms with Crippen molar-refractivity contribution in [2.45, 2.75) is 6.54 Å². The van der Waals surface area contributed by atoms with Crippen LogP contribution in [0, 0.1) is 0 Å². The Bertz CT molecular complexity index is 1090. The standard InChI is InChI=1S/C22H17NO4S/c1-25-19-7-3-2-6-17(19)23-12-16-18(26-13-23)9-8-15-21(24)20(27-22(15)16)11-14-5-4-10-28-14/h2-11H,12-13H2,1H3/b20-11-. The average molecular weight is 391 g/mol. The molecule has 0 saturated heterocycles. The molecule has 3 heterocycles. The van der Waals surface area contributed by atoms with Crippen LogP contribution in [0.25, 0.3) is 6.08 Å². The molecule has 5 nitrogen and oxygen atoms in total. The molecule has 0 amide bonds. The zero-order valence-electron chi connectivity index (χ0n) is 15.2. The first-order valence-electron chi connectivity index (χ1n) is 8.89. The van der Waals surface area contributed by atoms with E-state index in [1.807, 2.05) is 47.8 Å². The Morgan fingerprint density at radius 2 is 2.04 bits per heavy atom. The number of Topliss-reactive ketones (excluding diaryl/α,β-unsaturated/α-hetero) is 1. The van der Waals surface area contributed by atoms with E-state index in [9.17, 15) is 4.79 Å². The number of rotatable bonds is 3. The van der Waals surface area contributed by atoms with Crippen LogP contribution in [0.1, 0.15) is 20.8 Å². The predicted octanol–water partition coefficient (Wildman–Crippen LogP) is 4.73. The van der Waals surface area contributed by atoms with Gasteiger partial charge in [0.2, 0.25) is 5.78 Å². The van der Waals surface area contributed by atoms with E-state index in [0.717, 1.165) is 27.6 Å². The Balaban J connectivity index is 1.52. The Labute approximate surface area is 166 Å². The number of benzene rings is 2. The summed E-state index contributed by atoms with van der Waals surface area (Å²) in [6, 6.07) is 15.3. The minimum absolute atomic E-state index is 0.0967. The van der Waals surface area contributed by atoms with E-state index in [0.29, 0.717) is 30.3 Å². The van der Waals surface area contributed by atoms with Gasteiger partial charge in [0, 0.05) is 11.0 Å². The third-order valence-corrected chi connectivity index (χ3v) is 5.68. The van der Waals surface area contributed by atoms with Crippen LogP contribution >= 0.6 is 11.3 Å². The fourth-order valence-electron chi connectivity index (χ4n) is 3.51. The number of fused-ring (bicyclic) bond motifs is 3. The van der Waals surface area contributed by atoms with Crippen LogP contribution in [0.4, 0.5) is 5.69 Å². The number of hydrogen-bond donors (Lipinski definition) is 0. The molecule has 0 spiro atoms. The molecule has 0 N–H and O–H groups in total. The number of carbonyl (C=O) groups is 1. The normalized spacial score (nSPS) is 16.4. The lowest BCUT2D eigenvalue weighted by molar-refractivity contribution is 0.101. The fraction of sp³-hybridized carbons (Fsp3) is 0.136. The van der Waals surface area contributed by atoms with Gasteiger partial charge < -0.3 is 19.1 Å². The number of nitrogens with zero attached hydrogens (tertiary/aromatic N) is 1. The molecule has 0 aliphatic carbocycles. The molecular formula is C22H17NO4S. The number of anilines is 1. The predicted molar refractivity (Wildman–Crippen MR) is 108 cm³/mol. The summed E-state index contributed by atoms with van der Waals surface area (Å²) < 4.78 is 17.4. The summed E-state index contributed by atoms with van der Waals surface area (Å²) in [5.41, 5.74) is 2.39. The third-order valence-electron chi connectivity index (χ3n) is 4.87. The lowest BCUT2D eigenvalue weighted by Crippen LogP contribution is -2.32. The highest BCUT2D eigenvalue weighted by Crippen LogP contribution is 2.43. The topological polar surface area (TPSA) is 48.0 Å². The van der Waals surface area contributed by atoms with Gasteiger partial charge in [-0.05, 0) is 35.7 Å². The molecule has 0 fully saturated rings. The molecule has 1 aromatic heterocycles. The van der Waals surface area contributed by atoms with E-state index in [2.05, 4.69) is 4.90 Å². The Morgan fingerprint density at radius 1 is 1.14 bits per heavy atom. The summed E-state index contributed by atoms with van der Waals surface area (Å²) in [4.78, 5) is 15.8. The zero-order valence-corrected chi connectivity index (χ0v) is 16.0. The number of carbonyl (C=O) groups excluding carboxylic acids is 1. The van der Waals surface area contributed by atoms with Crippen LogP contribution in [0.3, 0.4) is 0 Å². The van der Waals surface area contributed by atoms with Gasteiger partial charge in [0.1, 0.15) is 17.2 Å². The molecule has 0 unspecified atom stereocenters. The van der Waals surface area contributed by atoms with E-state index in [1.54, 1.807) is 30.6 Å². The first-order chi connectivity index (χ1) is 13.7. The molecular weight excluding hydrogens is 374 g/mol. The van der Waals surface area contributed by atoms with Crippen molar-refractivity contribution >= 4 is 28.9 Å². The maximum absolute atomic E-state index is 12.8. The number of ether oxygens (including phenoxy) is 3. The van der Waals surface area contributed by atoms with E-state index < -0.39 is 0 Å². The van der Waals surface area contributed by atoms with Gasteiger partial charge in [-0.2, -0.15) is 0 Å². The number of allylic oxidation sites excluding steroid dienone is 1. The van der Waals surface area contributed by atoms with Crippen LogP contribution in [0.15, 0.2) is 59.7 Å². The molecule has 2 aromatic carbocycles. The van der Waals surface area contributed by atoms with Gasteiger partial charge in [-0.15, -0.1) is 11.3 Å². The molecule has 140 valence electrons. The van der Waals surface area contributed by atoms with Crippen molar-refractivity contribution in [1.82, 2.24) is 0 Å². The number of ketones is 1. The highest BCUT2D eigenvalue weighted by Gasteiger charge is 2.34. The molecule has 0 radical (unpaired) electrons. The van der Waals surface area contributed by atoms with Crippen molar-refractivity contribution in [3.8, 4) is 17.2 Å². The van der Waals surface area contributed by atoms with Gasteiger partial charge in [-0.1, -0.05) is 18.2 Å². The summed E-state index contributed by atoms with van der Waals surface area (Å²) in [5, 5.41) is 1.97. The minimum atomic E-state index is -0.0967. The maximum atomic E-state index is 12.8. The minimum Gasteiger partial charge on any atom is -0.495 e. The quantitative estimate of drug-likeness (QED) is 0.604. The Morgan fingerprint density at radius 3 is 2.86 bits per heavy atom. The summed E-state index contributed by atoms with van der Waals surface area (Å²) in [6.45, 7) is 0.969. The lowest BCUT2D eigenvalue weighted by Gasteiger charge is -2.32. The molecule has 5 rings (SSSR count). The van der Waals surface area contributed by atoms with Crippen LogP contribution < -0.4 is 19.1 Å². The van der Waals surface area contributed by atoms with E-state index in [-0.39, 0.29) is 5.78 Å². The van der Waals surface area contributed by atoms with Crippen LogP contribution in [0.5, 0.6) is 17.2 Å². The van der Waals surface area contributed by atoms with Crippen molar-refractivity contribution in [3.63, 3.8) is 0 Å². The summed E-state index contributed by atoms with van der Waals surface area (Å²) >= 11 is 1.57. The number of para-hydroxylation sites is 2. The first-order valence-corrected chi connectivity index (χ1v) is 9.77. The van der Waals surface area contributed by atoms with Gasteiger partial charge in [0.15, 0.2) is 12.5 Å². The number of methoxy groups -OCH3 is 1. The van der Waals surface area contributed by atoms with E-state index in [4.69, 9.17) is 14.2 Å². The number of hydrogen-bond acceptors (Lipinski definition) is 6. The highest BCUT2D eigenvalue weighted by molar-refractivity contribution is 7.10. The molecule has 2 aliphatic heterocycles. The van der Waals surface area contributed by atoms with Crippen LogP contribution in [-0.2, 0) is 6.54 Å². The van der Waals surface area contributed by atoms with Crippen molar-refractivity contribution in [2.24, 2.45) is 0 Å². The smallest absolute Gasteiger partial charge is 0.232 e. The summed E-state index contributed by atoms with van der Waals surface area (Å²) in [5.74, 6) is 2.36. The second kappa shape index (κ2) is 6.73. The third kappa shape index (κ3) is 2.73. The largest absolute Gasteiger partial charge is 0.495 e. The number of thiophene rings is 1. The Kier molecular flexibility index (Phi) is 4.06. The van der Waals surface area contributed by atoms with E-state index in [1.165, 1.54) is 0 Å². The van der Waals surface area contributed by atoms with Gasteiger partial charge >= 0.3 is 0 Å². The highest BCUT2D eigenvalue weighted by atomic mass is 32.1. The van der Waals surface area contributed by atoms with Crippen LogP contribution in [0.2, 0.25) is 0 Å². The van der Waals surface area contributed by atoms with Crippen molar-refractivity contribution < 1.29 is 19.0 Å². The molecule has 0 saturated carbocycles. The maximum Gasteiger partial charge on any atom is 0.232 e. The Hall–Kier alpha value is -3.25.